The van der Waals surface area contributed by atoms with E-state index in [1.165, 1.54) is 13.1 Å². The third kappa shape index (κ3) is 3.09. The van der Waals surface area contributed by atoms with E-state index in [1.54, 1.807) is 25.1 Å². The van der Waals surface area contributed by atoms with Gasteiger partial charge in [-0.25, -0.2) is 13.1 Å². The van der Waals surface area contributed by atoms with Crippen molar-refractivity contribution < 1.29 is 12.9 Å². The average molecular weight is 296 g/mol. The summed E-state index contributed by atoms with van der Waals surface area (Å²) in [4.78, 5) is 0.0974. The second-order valence-corrected chi connectivity index (χ2v) is 6.10. The first kappa shape index (κ1) is 14.4. The van der Waals surface area contributed by atoms with Crippen LogP contribution in [0.3, 0.4) is 0 Å². The van der Waals surface area contributed by atoms with Crippen LogP contribution >= 0.6 is 0 Å². The number of aromatic nitrogens is 1. The Balaban J connectivity index is 2.27. The van der Waals surface area contributed by atoms with Gasteiger partial charge in [-0.15, -0.1) is 0 Å². The zero-order valence-electron chi connectivity index (χ0n) is 11.2. The molecule has 0 amide bonds. The number of anilines is 2. The van der Waals surface area contributed by atoms with Gasteiger partial charge in [0, 0.05) is 11.8 Å². The summed E-state index contributed by atoms with van der Waals surface area (Å²) in [6.07, 6.45) is 0. The SMILES string of the molecule is CNS(=O)(=O)c1cc(N)ccc1NCc1cc(C)on1. The van der Waals surface area contributed by atoms with Crippen LogP contribution < -0.4 is 15.8 Å². The highest BCUT2D eigenvalue weighted by atomic mass is 32.2. The number of benzene rings is 1. The number of nitrogens with one attached hydrogen (secondary N) is 2. The molecule has 0 saturated heterocycles. The summed E-state index contributed by atoms with van der Waals surface area (Å²) in [6, 6.07) is 6.43. The van der Waals surface area contributed by atoms with Gasteiger partial charge in [0.25, 0.3) is 0 Å². The number of nitrogen functional groups attached to an aromatic ring is 1. The molecule has 0 atom stereocenters. The molecule has 0 fully saturated rings. The van der Waals surface area contributed by atoms with Crippen molar-refractivity contribution in [2.75, 3.05) is 18.1 Å². The van der Waals surface area contributed by atoms with E-state index < -0.39 is 10.0 Å². The van der Waals surface area contributed by atoms with Gasteiger partial charge in [0.15, 0.2) is 0 Å². The summed E-state index contributed by atoms with van der Waals surface area (Å²) in [6.45, 7) is 2.14. The molecule has 0 aliphatic heterocycles. The molecule has 7 nitrogen and oxygen atoms in total. The van der Waals surface area contributed by atoms with Crippen molar-refractivity contribution in [1.82, 2.24) is 9.88 Å². The zero-order valence-corrected chi connectivity index (χ0v) is 12.0. The number of aryl methyl sites for hydroxylation is 1. The first-order chi connectivity index (χ1) is 9.42. The Kier molecular flexibility index (Phi) is 3.96. The van der Waals surface area contributed by atoms with Crippen molar-refractivity contribution in [1.29, 1.82) is 0 Å². The molecule has 4 N–H and O–H groups in total. The molecule has 0 radical (unpaired) electrons. The van der Waals surface area contributed by atoms with Gasteiger partial charge < -0.3 is 15.6 Å². The summed E-state index contributed by atoms with van der Waals surface area (Å²) in [5, 5.41) is 6.85. The molecular formula is C12H16N4O3S. The third-order valence-electron chi connectivity index (χ3n) is 2.70. The highest BCUT2D eigenvalue weighted by molar-refractivity contribution is 7.89. The summed E-state index contributed by atoms with van der Waals surface area (Å²) < 4.78 is 31.1. The first-order valence-corrected chi connectivity index (χ1v) is 7.40. The summed E-state index contributed by atoms with van der Waals surface area (Å²) in [5.41, 5.74) is 7.16. The lowest BCUT2D eigenvalue weighted by Gasteiger charge is -2.11. The fourth-order valence-corrected chi connectivity index (χ4v) is 2.65. The van der Waals surface area contributed by atoms with Gasteiger partial charge in [-0.3, -0.25) is 0 Å². The Bertz CT molecular complexity index is 709. The van der Waals surface area contributed by atoms with Crippen molar-refractivity contribution in [3.63, 3.8) is 0 Å². The van der Waals surface area contributed by atoms with E-state index in [2.05, 4.69) is 15.2 Å². The smallest absolute Gasteiger partial charge is 0.242 e. The number of sulfonamides is 1. The highest BCUT2D eigenvalue weighted by Crippen LogP contribution is 2.24. The fraction of sp³-hybridized carbons (Fsp3) is 0.250. The largest absolute Gasteiger partial charge is 0.399 e. The second-order valence-electron chi connectivity index (χ2n) is 4.25. The molecule has 1 aromatic heterocycles. The quantitative estimate of drug-likeness (QED) is 0.712. The monoisotopic (exact) mass is 296 g/mol. The molecule has 108 valence electrons. The highest BCUT2D eigenvalue weighted by Gasteiger charge is 2.17. The predicted octanol–water partition coefficient (Wildman–Crippen LogP) is 1.09. The van der Waals surface area contributed by atoms with Crippen LogP contribution in [0.1, 0.15) is 11.5 Å². The van der Waals surface area contributed by atoms with Crippen molar-refractivity contribution in [2.45, 2.75) is 18.4 Å². The Morgan fingerprint density at radius 1 is 1.35 bits per heavy atom. The molecule has 1 heterocycles. The van der Waals surface area contributed by atoms with Gasteiger partial charge in [0.05, 0.1) is 12.2 Å². The van der Waals surface area contributed by atoms with Crippen LogP contribution in [0, 0.1) is 6.92 Å². The number of hydrogen-bond donors (Lipinski definition) is 3. The maximum absolute atomic E-state index is 11.9. The van der Waals surface area contributed by atoms with Crippen molar-refractivity contribution in [3.05, 3.63) is 35.7 Å². The van der Waals surface area contributed by atoms with Gasteiger partial charge in [-0.1, -0.05) is 5.16 Å². The zero-order chi connectivity index (χ0) is 14.8. The van der Waals surface area contributed by atoms with Crippen molar-refractivity contribution >= 4 is 21.4 Å². The van der Waals surface area contributed by atoms with Gasteiger partial charge in [-0.2, -0.15) is 0 Å². The van der Waals surface area contributed by atoms with Crippen LogP contribution in [-0.4, -0.2) is 20.6 Å². The Hall–Kier alpha value is -2.06. The fourth-order valence-electron chi connectivity index (χ4n) is 1.70. The lowest BCUT2D eigenvalue weighted by atomic mass is 10.2. The summed E-state index contributed by atoms with van der Waals surface area (Å²) in [7, 11) is -2.24. The van der Waals surface area contributed by atoms with E-state index in [0.29, 0.717) is 29.4 Å². The van der Waals surface area contributed by atoms with E-state index in [1.807, 2.05) is 0 Å². The molecule has 0 unspecified atom stereocenters. The van der Waals surface area contributed by atoms with Gasteiger partial charge in [0.2, 0.25) is 10.0 Å². The van der Waals surface area contributed by atoms with E-state index in [4.69, 9.17) is 10.3 Å². The predicted molar refractivity (Wildman–Crippen MR) is 75.7 cm³/mol. The van der Waals surface area contributed by atoms with E-state index in [0.717, 1.165) is 0 Å². The molecule has 0 aliphatic rings. The Morgan fingerprint density at radius 3 is 2.70 bits per heavy atom. The van der Waals surface area contributed by atoms with E-state index >= 15 is 0 Å². The molecular weight excluding hydrogens is 280 g/mol. The molecule has 0 aliphatic carbocycles. The van der Waals surface area contributed by atoms with Gasteiger partial charge in [-0.05, 0) is 32.2 Å². The van der Waals surface area contributed by atoms with Crippen LogP contribution in [0.2, 0.25) is 0 Å². The Morgan fingerprint density at radius 2 is 2.10 bits per heavy atom. The first-order valence-electron chi connectivity index (χ1n) is 5.91. The minimum absolute atomic E-state index is 0.0974. The second kappa shape index (κ2) is 5.51. The molecule has 0 saturated carbocycles. The lowest BCUT2D eigenvalue weighted by Crippen LogP contribution is -2.20. The van der Waals surface area contributed by atoms with Crippen LogP contribution in [0.15, 0.2) is 33.7 Å². The summed E-state index contributed by atoms with van der Waals surface area (Å²) in [5.74, 6) is 0.696. The van der Waals surface area contributed by atoms with Gasteiger partial charge in [0.1, 0.15) is 16.3 Å². The van der Waals surface area contributed by atoms with Crippen LogP contribution in [0.5, 0.6) is 0 Å². The molecule has 8 heteroatoms. The van der Waals surface area contributed by atoms with Crippen LogP contribution in [-0.2, 0) is 16.6 Å². The van der Waals surface area contributed by atoms with Crippen molar-refractivity contribution in [2.24, 2.45) is 0 Å². The molecule has 1 aromatic carbocycles. The molecule has 2 aromatic rings. The minimum atomic E-state index is -3.59. The van der Waals surface area contributed by atoms with Crippen LogP contribution in [0.25, 0.3) is 0 Å². The maximum Gasteiger partial charge on any atom is 0.242 e. The maximum atomic E-state index is 11.9. The van der Waals surface area contributed by atoms with E-state index in [9.17, 15) is 8.42 Å². The lowest BCUT2D eigenvalue weighted by molar-refractivity contribution is 0.391. The number of nitrogens with zero attached hydrogens (tertiary/aromatic N) is 1. The van der Waals surface area contributed by atoms with Crippen LogP contribution in [0.4, 0.5) is 11.4 Å². The summed E-state index contributed by atoms with van der Waals surface area (Å²) >= 11 is 0. The van der Waals surface area contributed by atoms with E-state index in [-0.39, 0.29) is 4.90 Å². The topological polar surface area (TPSA) is 110 Å². The molecule has 0 bridgehead atoms. The Labute approximate surface area is 117 Å². The third-order valence-corrected chi connectivity index (χ3v) is 4.15. The average Bonchev–Trinajstić information content (AvgIpc) is 2.83. The number of hydrogen-bond acceptors (Lipinski definition) is 6. The minimum Gasteiger partial charge on any atom is -0.399 e. The normalized spacial score (nSPS) is 11.5. The van der Waals surface area contributed by atoms with Gasteiger partial charge >= 0.3 is 0 Å². The number of rotatable bonds is 5. The molecule has 20 heavy (non-hydrogen) atoms. The van der Waals surface area contributed by atoms with Crippen molar-refractivity contribution in [3.8, 4) is 0 Å². The molecule has 2 rings (SSSR count). The molecule has 0 spiro atoms. The number of nitrogens with two attached hydrogens (primary N) is 1. The standard InChI is InChI=1S/C12H16N4O3S/c1-8-5-10(16-19-8)7-15-11-4-3-9(13)6-12(11)20(17,18)14-2/h3-6,14-15H,7,13H2,1-2H3.